The van der Waals surface area contributed by atoms with Gasteiger partial charge in [-0.05, 0) is 63.8 Å². The van der Waals surface area contributed by atoms with E-state index in [1.165, 1.54) is 33.4 Å². The molecule has 116 valence electrons. The summed E-state index contributed by atoms with van der Waals surface area (Å²) in [6.45, 7) is 12.5. The molecule has 0 saturated heterocycles. The Morgan fingerprint density at radius 2 is 0.773 bits per heavy atom. The molecule has 0 spiro atoms. The largest absolute Gasteiger partial charge is 0.397 e. The Hall–Kier alpha value is -2.22. The molecule has 2 aromatic carbocycles. The molecule has 0 amide bonds. The van der Waals surface area contributed by atoms with Crippen molar-refractivity contribution in [3.8, 4) is 0 Å². The Balaban J connectivity index is 2.70. The quantitative estimate of drug-likeness (QED) is 0.812. The van der Waals surface area contributed by atoms with Crippen molar-refractivity contribution in [2.75, 3.05) is 0 Å². The third kappa shape index (κ3) is 2.87. The Kier molecular flexibility index (Phi) is 4.32. The molecule has 22 heavy (non-hydrogen) atoms. The van der Waals surface area contributed by atoms with E-state index in [-0.39, 0.29) is 0 Å². The summed E-state index contributed by atoms with van der Waals surface area (Å²) in [6.07, 6.45) is 0. The number of hydrogen-bond donors (Lipinski definition) is 2. The van der Waals surface area contributed by atoms with Crippen LogP contribution in [0.2, 0.25) is 0 Å². The van der Waals surface area contributed by atoms with Crippen LogP contribution in [0.3, 0.4) is 0 Å². The van der Waals surface area contributed by atoms with E-state index < -0.39 is 0 Å². The van der Waals surface area contributed by atoms with Gasteiger partial charge < -0.3 is 11.5 Å². The van der Waals surface area contributed by atoms with Crippen LogP contribution in [-0.2, 0) is 0 Å². The second kappa shape index (κ2) is 5.88. The fraction of sp³-hybridized carbons (Fsp3) is 0.300. The Labute approximate surface area is 133 Å². The van der Waals surface area contributed by atoms with E-state index in [9.17, 15) is 0 Å². The number of rotatable bonds is 2. The molecular formula is C20H26N2. The van der Waals surface area contributed by atoms with Gasteiger partial charge in [0.05, 0.1) is 11.4 Å². The number of nitrogens with two attached hydrogens (primary N) is 2. The number of benzene rings is 2. The van der Waals surface area contributed by atoms with E-state index in [4.69, 9.17) is 11.5 Å². The first-order chi connectivity index (χ1) is 10.2. The van der Waals surface area contributed by atoms with Gasteiger partial charge in [-0.15, -0.1) is 0 Å². The average Bonchev–Trinajstić information content (AvgIpc) is 2.35. The van der Waals surface area contributed by atoms with Gasteiger partial charge in [0.2, 0.25) is 0 Å². The van der Waals surface area contributed by atoms with Crippen LogP contribution >= 0.6 is 0 Å². The van der Waals surface area contributed by atoms with Crippen LogP contribution in [0.1, 0.15) is 44.5 Å². The van der Waals surface area contributed by atoms with E-state index >= 15 is 0 Å². The average molecular weight is 294 g/mol. The molecular weight excluding hydrogens is 268 g/mol. The normalized spacial score (nSPS) is 12.3. The summed E-state index contributed by atoms with van der Waals surface area (Å²) in [5, 5.41) is 0. The van der Waals surface area contributed by atoms with Gasteiger partial charge in [-0.2, -0.15) is 0 Å². The predicted octanol–water partition coefficient (Wildman–Crippen LogP) is 4.28. The summed E-state index contributed by atoms with van der Waals surface area (Å²) in [6, 6.07) is 8.60. The third-order valence-corrected chi connectivity index (χ3v) is 4.18. The van der Waals surface area contributed by atoms with Crippen molar-refractivity contribution in [1.82, 2.24) is 0 Å². The fourth-order valence-corrected chi connectivity index (χ4v) is 3.48. The van der Waals surface area contributed by atoms with Gasteiger partial charge in [-0.1, -0.05) is 35.4 Å². The summed E-state index contributed by atoms with van der Waals surface area (Å²) < 4.78 is 0. The smallest absolute Gasteiger partial charge is 0.0633 e. The zero-order chi connectivity index (χ0) is 16.6. The molecule has 0 unspecified atom stereocenters. The molecule has 0 atom stereocenters. The fourth-order valence-electron chi connectivity index (χ4n) is 3.48. The zero-order valence-electron chi connectivity index (χ0n) is 14.5. The molecule has 0 aliphatic rings. The lowest BCUT2D eigenvalue weighted by Gasteiger charge is -2.17. The van der Waals surface area contributed by atoms with Gasteiger partial charge in [0.25, 0.3) is 0 Å². The predicted molar refractivity (Wildman–Crippen MR) is 96.5 cm³/mol. The summed E-state index contributed by atoms with van der Waals surface area (Å²) in [7, 11) is 0. The topological polar surface area (TPSA) is 52.0 Å². The van der Waals surface area contributed by atoms with Gasteiger partial charge in [-0.3, -0.25) is 0 Å². The molecule has 2 aromatic rings. The second-order valence-corrected chi connectivity index (χ2v) is 6.37. The minimum absolute atomic E-state index is 0.671. The Bertz CT molecular complexity index is 656. The SMILES string of the molecule is Cc1cc(C)c(/C(N)=C(\N)c2c(C)cc(C)cc2C)c(C)c1. The van der Waals surface area contributed by atoms with Gasteiger partial charge in [0.15, 0.2) is 0 Å². The van der Waals surface area contributed by atoms with Gasteiger partial charge >= 0.3 is 0 Å². The molecule has 0 aliphatic carbocycles. The molecule has 0 fully saturated rings. The van der Waals surface area contributed by atoms with Crippen LogP contribution in [0.4, 0.5) is 0 Å². The van der Waals surface area contributed by atoms with Crippen LogP contribution in [0, 0.1) is 41.5 Å². The van der Waals surface area contributed by atoms with E-state index in [2.05, 4.69) is 65.8 Å². The Morgan fingerprint density at radius 1 is 0.545 bits per heavy atom. The van der Waals surface area contributed by atoms with Crippen molar-refractivity contribution in [2.45, 2.75) is 41.5 Å². The summed E-state index contributed by atoms with van der Waals surface area (Å²) in [4.78, 5) is 0. The van der Waals surface area contributed by atoms with Crippen molar-refractivity contribution < 1.29 is 0 Å². The lowest BCUT2D eigenvalue weighted by molar-refractivity contribution is 1.25. The van der Waals surface area contributed by atoms with Crippen LogP contribution in [0.15, 0.2) is 24.3 Å². The van der Waals surface area contributed by atoms with Crippen LogP contribution in [0.5, 0.6) is 0 Å². The first-order valence-corrected chi connectivity index (χ1v) is 7.64. The minimum Gasteiger partial charge on any atom is -0.397 e. The minimum atomic E-state index is 0.671. The van der Waals surface area contributed by atoms with Gasteiger partial charge in [0, 0.05) is 11.1 Å². The molecule has 0 bridgehead atoms. The van der Waals surface area contributed by atoms with E-state index in [0.29, 0.717) is 11.4 Å². The van der Waals surface area contributed by atoms with Crippen molar-refractivity contribution in [2.24, 2.45) is 11.5 Å². The monoisotopic (exact) mass is 294 g/mol. The molecule has 0 aromatic heterocycles. The molecule has 4 N–H and O–H groups in total. The first-order valence-electron chi connectivity index (χ1n) is 7.64. The van der Waals surface area contributed by atoms with E-state index in [1.54, 1.807) is 0 Å². The number of aryl methyl sites for hydroxylation is 6. The molecule has 0 saturated carbocycles. The molecule has 2 heteroatoms. The lowest BCUT2D eigenvalue weighted by atomic mass is 9.92. The first kappa shape index (κ1) is 16.2. The molecule has 2 nitrogen and oxygen atoms in total. The van der Waals surface area contributed by atoms with Crippen molar-refractivity contribution in [3.05, 3.63) is 68.8 Å². The van der Waals surface area contributed by atoms with E-state index in [1.807, 2.05) is 0 Å². The van der Waals surface area contributed by atoms with Gasteiger partial charge in [0.1, 0.15) is 0 Å². The maximum atomic E-state index is 6.45. The highest BCUT2D eigenvalue weighted by Gasteiger charge is 2.14. The maximum absolute atomic E-state index is 6.45. The van der Waals surface area contributed by atoms with Crippen molar-refractivity contribution in [1.29, 1.82) is 0 Å². The molecule has 2 rings (SSSR count). The highest BCUT2D eigenvalue weighted by atomic mass is 14.7. The number of hydrogen-bond acceptors (Lipinski definition) is 2. The standard InChI is InChI=1S/C20H26N2/c1-11-7-13(3)17(14(4)8-11)19(21)20(22)18-15(5)9-12(2)10-16(18)6/h7-10H,21-22H2,1-6H3/b20-19+. The van der Waals surface area contributed by atoms with Gasteiger partial charge in [-0.25, -0.2) is 0 Å². The highest BCUT2D eigenvalue weighted by molar-refractivity contribution is 5.91. The van der Waals surface area contributed by atoms with Crippen molar-refractivity contribution in [3.63, 3.8) is 0 Å². The third-order valence-electron chi connectivity index (χ3n) is 4.18. The van der Waals surface area contributed by atoms with Crippen LogP contribution in [0.25, 0.3) is 11.4 Å². The summed E-state index contributed by atoms with van der Waals surface area (Å²) >= 11 is 0. The van der Waals surface area contributed by atoms with E-state index in [0.717, 1.165) is 11.1 Å². The summed E-state index contributed by atoms with van der Waals surface area (Å²) in [5.41, 5.74) is 23.5. The molecule has 0 heterocycles. The highest BCUT2D eigenvalue weighted by Crippen LogP contribution is 2.29. The second-order valence-electron chi connectivity index (χ2n) is 6.37. The molecule has 0 aliphatic heterocycles. The summed E-state index contributed by atoms with van der Waals surface area (Å²) in [5.74, 6) is 0. The maximum Gasteiger partial charge on any atom is 0.0633 e. The van der Waals surface area contributed by atoms with Crippen molar-refractivity contribution >= 4 is 11.4 Å². The lowest BCUT2D eigenvalue weighted by Crippen LogP contribution is -2.12. The molecule has 0 radical (unpaired) electrons. The van der Waals surface area contributed by atoms with Crippen LogP contribution < -0.4 is 11.5 Å². The Morgan fingerprint density at radius 3 is 1.00 bits per heavy atom. The van der Waals surface area contributed by atoms with Crippen LogP contribution in [-0.4, -0.2) is 0 Å². The zero-order valence-corrected chi connectivity index (χ0v) is 14.5.